The molecule has 0 radical (unpaired) electrons. The summed E-state index contributed by atoms with van der Waals surface area (Å²) in [5.41, 5.74) is 3.14. The number of aldehydes is 1. The van der Waals surface area contributed by atoms with Gasteiger partial charge in [-0.15, -0.1) is 0 Å². The molecule has 0 fully saturated rings. The van der Waals surface area contributed by atoms with Gasteiger partial charge < -0.3 is 5.11 Å². The van der Waals surface area contributed by atoms with Gasteiger partial charge in [0, 0.05) is 5.92 Å². The fourth-order valence-corrected chi connectivity index (χ4v) is 3.51. The number of carbonyl (C=O) groups is 1. The van der Waals surface area contributed by atoms with Crippen molar-refractivity contribution in [3.63, 3.8) is 0 Å². The predicted octanol–water partition coefficient (Wildman–Crippen LogP) is 2.48. The Morgan fingerprint density at radius 1 is 1.50 bits per heavy atom. The molecule has 0 aromatic rings. The molecule has 0 heterocycles. The average Bonchev–Trinajstić information content (AvgIpc) is 2.37. The lowest BCUT2D eigenvalue weighted by molar-refractivity contribution is -0.105. The van der Waals surface area contributed by atoms with Gasteiger partial charge in [-0.3, -0.25) is 4.79 Å². The third-order valence-electron chi connectivity index (χ3n) is 4.07. The van der Waals surface area contributed by atoms with E-state index in [1.807, 2.05) is 13.8 Å². The molecular formula is C14H20O2. The van der Waals surface area contributed by atoms with Crippen LogP contribution in [0.15, 0.2) is 22.8 Å². The zero-order valence-electron chi connectivity index (χ0n) is 10.4. The first-order valence-electron chi connectivity index (χ1n) is 5.95. The maximum Gasteiger partial charge on any atom is 0.146 e. The topological polar surface area (TPSA) is 37.3 Å². The normalized spacial score (nSPS) is 37.1. The number of hydrogen-bond acceptors (Lipinski definition) is 2. The Morgan fingerprint density at radius 2 is 2.12 bits per heavy atom. The molecule has 0 spiro atoms. The molecule has 0 aromatic heterocycles. The second-order valence-corrected chi connectivity index (χ2v) is 5.82. The minimum Gasteiger partial charge on any atom is -0.392 e. The van der Waals surface area contributed by atoms with Crippen molar-refractivity contribution in [2.45, 2.75) is 40.2 Å². The number of carbonyl (C=O) groups excluding carboxylic acids is 1. The van der Waals surface area contributed by atoms with Crippen LogP contribution in [0.3, 0.4) is 0 Å². The third-order valence-corrected chi connectivity index (χ3v) is 4.07. The van der Waals surface area contributed by atoms with Gasteiger partial charge >= 0.3 is 0 Å². The smallest absolute Gasteiger partial charge is 0.146 e. The molecule has 0 amide bonds. The molecule has 0 aliphatic heterocycles. The van der Waals surface area contributed by atoms with Gasteiger partial charge in [-0.2, -0.15) is 0 Å². The highest BCUT2D eigenvalue weighted by atomic mass is 16.3. The molecule has 0 saturated carbocycles. The zero-order valence-corrected chi connectivity index (χ0v) is 10.4. The Bertz CT molecular complexity index is 388. The second-order valence-electron chi connectivity index (χ2n) is 5.82. The molecule has 2 heteroatoms. The van der Waals surface area contributed by atoms with Gasteiger partial charge in [-0.1, -0.05) is 32.4 Å². The highest BCUT2D eigenvalue weighted by Crippen LogP contribution is 2.52. The second kappa shape index (κ2) is 3.56. The van der Waals surface area contributed by atoms with Crippen LogP contribution in [0.1, 0.15) is 34.1 Å². The SMILES string of the molecule is CC1=CC(C)(C)[C@H]2C1=C(C=O)[C@H](C)C[C@@H]2O. The molecule has 3 atom stereocenters. The number of fused-ring (bicyclic) bond motifs is 1. The minimum absolute atomic E-state index is 0.0345. The molecule has 2 nitrogen and oxygen atoms in total. The van der Waals surface area contributed by atoms with Crippen molar-refractivity contribution in [1.29, 1.82) is 0 Å². The zero-order chi connectivity index (χ0) is 12.1. The number of rotatable bonds is 1. The average molecular weight is 220 g/mol. The lowest BCUT2D eigenvalue weighted by Gasteiger charge is -2.38. The maximum atomic E-state index is 11.2. The summed E-state index contributed by atoms with van der Waals surface area (Å²) >= 11 is 0. The summed E-state index contributed by atoms with van der Waals surface area (Å²) in [6.45, 7) is 8.34. The lowest BCUT2D eigenvalue weighted by atomic mass is 9.68. The number of allylic oxidation sites excluding steroid dienone is 3. The monoisotopic (exact) mass is 220 g/mol. The van der Waals surface area contributed by atoms with Gasteiger partial charge in [-0.05, 0) is 35.8 Å². The van der Waals surface area contributed by atoms with E-state index >= 15 is 0 Å². The van der Waals surface area contributed by atoms with Crippen LogP contribution in [-0.2, 0) is 4.79 Å². The summed E-state index contributed by atoms with van der Waals surface area (Å²) < 4.78 is 0. The van der Waals surface area contributed by atoms with Crippen molar-refractivity contribution in [1.82, 2.24) is 0 Å². The van der Waals surface area contributed by atoms with Gasteiger partial charge in [-0.25, -0.2) is 0 Å². The first-order valence-corrected chi connectivity index (χ1v) is 5.95. The first kappa shape index (κ1) is 11.6. The summed E-state index contributed by atoms with van der Waals surface area (Å²) in [7, 11) is 0. The molecule has 0 unspecified atom stereocenters. The summed E-state index contributed by atoms with van der Waals surface area (Å²) in [5, 5.41) is 10.2. The van der Waals surface area contributed by atoms with Crippen LogP contribution in [0, 0.1) is 17.3 Å². The van der Waals surface area contributed by atoms with Crippen LogP contribution < -0.4 is 0 Å². The van der Waals surface area contributed by atoms with Crippen LogP contribution in [0.5, 0.6) is 0 Å². The van der Waals surface area contributed by atoms with E-state index in [0.717, 1.165) is 17.4 Å². The Hall–Kier alpha value is -0.890. The summed E-state index contributed by atoms with van der Waals surface area (Å²) in [4.78, 5) is 11.2. The summed E-state index contributed by atoms with van der Waals surface area (Å²) in [5.74, 6) is 0.278. The fourth-order valence-electron chi connectivity index (χ4n) is 3.51. The molecule has 2 rings (SSSR count). The Labute approximate surface area is 97.0 Å². The predicted molar refractivity (Wildman–Crippen MR) is 63.9 cm³/mol. The highest BCUT2D eigenvalue weighted by Gasteiger charge is 2.46. The Kier molecular flexibility index (Phi) is 2.58. The summed E-state index contributed by atoms with van der Waals surface area (Å²) in [6.07, 6.45) is 3.56. The van der Waals surface area contributed by atoms with Crippen molar-refractivity contribution in [2.24, 2.45) is 17.3 Å². The molecule has 0 saturated heterocycles. The van der Waals surface area contributed by atoms with Crippen molar-refractivity contribution in [3.05, 3.63) is 22.8 Å². The Balaban J connectivity index is 2.59. The van der Waals surface area contributed by atoms with E-state index in [2.05, 4.69) is 19.9 Å². The fraction of sp³-hybridized carbons (Fsp3) is 0.643. The van der Waals surface area contributed by atoms with E-state index in [-0.39, 0.29) is 23.4 Å². The molecule has 88 valence electrons. The minimum atomic E-state index is -0.322. The number of aliphatic hydroxyl groups is 1. The van der Waals surface area contributed by atoms with E-state index in [9.17, 15) is 9.90 Å². The molecular weight excluding hydrogens is 200 g/mol. The van der Waals surface area contributed by atoms with Crippen molar-refractivity contribution in [3.8, 4) is 0 Å². The van der Waals surface area contributed by atoms with E-state index in [1.54, 1.807) is 0 Å². The quantitative estimate of drug-likeness (QED) is 0.689. The van der Waals surface area contributed by atoms with Crippen molar-refractivity contribution in [2.75, 3.05) is 0 Å². The van der Waals surface area contributed by atoms with Crippen LogP contribution in [0.4, 0.5) is 0 Å². The number of aliphatic hydroxyl groups excluding tert-OH is 1. The molecule has 1 N–H and O–H groups in total. The van der Waals surface area contributed by atoms with Crippen LogP contribution >= 0.6 is 0 Å². The largest absolute Gasteiger partial charge is 0.392 e. The molecule has 0 aromatic carbocycles. The first-order chi connectivity index (χ1) is 7.38. The standard InChI is InChI=1S/C14H20O2/c1-8-5-11(16)13-12(10(8)7-15)9(2)6-14(13,3)4/h6-8,11,13,16H,5H2,1-4H3/t8-,11+,13-/m1/s1. The molecule has 0 bridgehead atoms. The van der Waals surface area contributed by atoms with Crippen molar-refractivity contribution < 1.29 is 9.90 Å². The van der Waals surface area contributed by atoms with Gasteiger partial charge in [0.05, 0.1) is 6.10 Å². The van der Waals surface area contributed by atoms with E-state index in [1.165, 1.54) is 5.57 Å². The van der Waals surface area contributed by atoms with E-state index < -0.39 is 0 Å². The molecule has 2 aliphatic rings. The van der Waals surface area contributed by atoms with Crippen LogP contribution in [0.25, 0.3) is 0 Å². The molecule has 16 heavy (non-hydrogen) atoms. The Morgan fingerprint density at radius 3 is 2.69 bits per heavy atom. The maximum absolute atomic E-state index is 11.2. The van der Waals surface area contributed by atoms with Gasteiger partial charge in [0.25, 0.3) is 0 Å². The van der Waals surface area contributed by atoms with Crippen LogP contribution in [-0.4, -0.2) is 17.5 Å². The van der Waals surface area contributed by atoms with Gasteiger partial charge in [0.15, 0.2) is 0 Å². The van der Waals surface area contributed by atoms with Crippen LogP contribution in [0.2, 0.25) is 0 Å². The lowest BCUT2D eigenvalue weighted by Crippen LogP contribution is -2.37. The third kappa shape index (κ3) is 1.47. The molecule has 2 aliphatic carbocycles. The highest BCUT2D eigenvalue weighted by molar-refractivity contribution is 5.78. The van der Waals surface area contributed by atoms with Gasteiger partial charge in [0.1, 0.15) is 6.29 Å². The van der Waals surface area contributed by atoms with Crippen molar-refractivity contribution >= 4 is 6.29 Å². The number of hydrogen-bond donors (Lipinski definition) is 1. The summed E-state index contributed by atoms with van der Waals surface area (Å²) in [6, 6.07) is 0. The van der Waals surface area contributed by atoms with Gasteiger partial charge in [0.2, 0.25) is 0 Å². The van der Waals surface area contributed by atoms with E-state index in [0.29, 0.717) is 6.42 Å². The van der Waals surface area contributed by atoms with E-state index in [4.69, 9.17) is 0 Å².